The van der Waals surface area contributed by atoms with Crippen molar-refractivity contribution in [2.45, 2.75) is 25.4 Å². The molecule has 3 N–H and O–H groups in total. The number of aliphatic hydroxyl groups is 1. The topological polar surface area (TPSA) is 78.8 Å². The molecule has 0 amide bonds. The first-order valence-electron chi connectivity index (χ1n) is 7.69. The van der Waals surface area contributed by atoms with Crippen LogP contribution in [-0.2, 0) is 6.61 Å². The molecule has 2 aromatic heterocycles. The van der Waals surface area contributed by atoms with Gasteiger partial charge in [0, 0.05) is 30.5 Å². The summed E-state index contributed by atoms with van der Waals surface area (Å²) in [7, 11) is 0. The van der Waals surface area contributed by atoms with Crippen molar-refractivity contribution in [2.75, 3.05) is 13.1 Å². The highest BCUT2D eigenvalue weighted by Crippen LogP contribution is 2.25. The van der Waals surface area contributed by atoms with Gasteiger partial charge in [0.15, 0.2) is 0 Å². The van der Waals surface area contributed by atoms with E-state index in [1.807, 2.05) is 24.5 Å². The Hall–Kier alpha value is -2.18. The van der Waals surface area contributed by atoms with Gasteiger partial charge in [-0.25, -0.2) is 9.97 Å². The van der Waals surface area contributed by atoms with E-state index in [1.54, 1.807) is 0 Å². The summed E-state index contributed by atoms with van der Waals surface area (Å²) in [5.41, 5.74) is 2.87. The van der Waals surface area contributed by atoms with Gasteiger partial charge in [-0.05, 0) is 37.6 Å². The lowest BCUT2D eigenvalue weighted by molar-refractivity contribution is 0.273. The maximum absolute atomic E-state index is 9.19. The Balaban J connectivity index is 1.73. The number of aromatic amines is 1. The van der Waals surface area contributed by atoms with Gasteiger partial charge in [-0.2, -0.15) is 0 Å². The molecule has 3 heterocycles. The first kappa shape index (κ1) is 13.5. The van der Waals surface area contributed by atoms with Crippen LogP contribution >= 0.6 is 0 Å². The fourth-order valence-corrected chi connectivity index (χ4v) is 3.18. The molecule has 0 radical (unpaired) electrons. The SMILES string of the molecule is OCc1nc2ccc(-n3ccnc3C3CCCNC3)cc2[nH]1. The van der Waals surface area contributed by atoms with E-state index in [0.29, 0.717) is 11.7 Å². The fraction of sp³-hybridized carbons (Fsp3) is 0.375. The number of fused-ring (bicyclic) bond motifs is 1. The first-order chi connectivity index (χ1) is 10.8. The van der Waals surface area contributed by atoms with Crippen molar-refractivity contribution in [2.24, 2.45) is 0 Å². The van der Waals surface area contributed by atoms with Crippen molar-refractivity contribution in [1.29, 1.82) is 0 Å². The molecule has 1 fully saturated rings. The second-order valence-corrected chi connectivity index (χ2v) is 5.74. The third-order valence-corrected chi connectivity index (χ3v) is 4.27. The molecule has 0 saturated carbocycles. The highest BCUT2D eigenvalue weighted by Gasteiger charge is 2.20. The van der Waals surface area contributed by atoms with Crippen LogP contribution in [0.4, 0.5) is 0 Å². The predicted molar refractivity (Wildman–Crippen MR) is 84.0 cm³/mol. The van der Waals surface area contributed by atoms with E-state index in [2.05, 4.69) is 30.9 Å². The Labute approximate surface area is 128 Å². The van der Waals surface area contributed by atoms with Crippen molar-refractivity contribution < 1.29 is 5.11 Å². The summed E-state index contributed by atoms with van der Waals surface area (Å²) in [6.07, 6.45) is 6.23. The quantitative estimate of drug-likeness (QED) is 0.687. The predicted octanol–water partition coefficient (Wildman–Crippen LogP) is 1.71. The second-order valence-electron chi connectivity index (χ2n) is 5.74. The number of hydrogen-bond acceptors (Lipinski definition) is 4. The Bertz CT molecular complexity index is 785. The number of imidazole rings is 2. The fourth-order valence-electron chi connectivity index (χ4n) is 3.18. The van der Waals surface area contributed by atoms with E-state index in [4.69, 9.17) is 0 Å². The van der Waals surface area contributed by atoms with Crippen LogP contribution in [0.5, 0.6) is 0 Å². The average molecular weight is 297 g/mol. The molecule has 6 heteroatoms. The summed E-state index contributed by atoms with van der Waals surface area (Å²) in [5.74, 6) is 2.15. The molecule has 0 bridgehead atoms. The standard InChI is InChI=1S/C16H19N5O/c22-10-15-19-13-4-3-12(8-14(13)20-15)21-7-6-18-16(21)11-2-1-5-17-9-11/h3-4,6-8,11,17,22H,1-2,5,9-10H2,(H,19,20). The molecule has 6 nitrogen and oxygen atoms in total. The lowest BCUT2D eigenvalue weighted by Gasteiger charge is -2.23. The molecule has 1 atom stereocenters. The molecule has 1 aliphatic rings. The molecule has 114 valence electrons. The van der Waals surface area contributed by atoms with Crippen molar-refractivity contribution in [3.8, 4) is 5.69 Å². The molecule has 0 spiro atoms. The highest BCUT2D eigenvalue weighted by molar-refractivity contribution is 5.77. The van der Waals surface area contributed by atoms with Gasteiger partial charge in [0.1, 0.15) is 18.3 Å². The third-order valence-electron chi connectivity index (χ3n) is 4.27. The van der Waals surface area contributed by atoms with Crippen molar-refractivity contribution in [3.63, 3.8) is 0 Å². The Morgan fingerprint density at radius 3 is 3.14 bits per heavy atom. The summed E-state index contributed by atoms with van der Waals surface area (Å²) >= 11 is 0. The summed E-state index contributed by atoms with van der Waals surface area (Å²) < 4.78 is 2.15. The van der Waals surface area contributed by atoms with E-state index in [-0.39, 0.29) is 6.61 Å². The van der Waals surface area contributed by atoms with Crippen LogP contribution in [0.2, 0.25) is 0 Å². The maximum Gasteiger partial charge on any atom is 0.133 e. The zero-order valence-electron chi connectivity index (χ0n) is 12.3. The van der Waals surface area contributed by atoms with Crippen LogP contribution in [-0.4, -0.2) is 37.7 Å². The molecular formula is C16H19N5O. The number of hydrogen-bond donors (Lipinski definition) is 3. The van der Waals surface area contributed by atoms with Gasteiger partial charge in [-0.15, -0.1) is 0 Å². The second kappa shape index (κ2) is 5.55. The zero-order chi connectivity index (χ0) is 14.9. The Morgan fingerprint density at radius 1 is 1.36 bits per heavy atom. The van der Waals surface area contributed by atoms with Crippen LogP contribution in [0.15, 0.2) is 30.6 Å². The number of aliphatic hydroxyl groups excluding tert-OH is 1. The summed E-state index contributed by atoms with van der Waals surface area (Å²) in [6, 6.07) is 6.08. The van der Waals surface area contributed by atoms with Crippen molar-refractivity contribution in [3.05, 3.63) is 42.2 Å². The molecule has 1 aliphatic heterocycles. The molecule has 1 unspecified atom stereocenters. The van der Waals surface area contributed by atoms with Gasteiger partial charge in [0.05, 0.1) is 11.0 Å². The van der Waals surface area contributed by atoms with Crippen molar-refractivity contribution >= 4 is 11.0 Å². The van der Waals surface area contributed by atoms with E-state index in [0.717, 1.165) is 35.6 Å². The van der Waals surface area contributed by atoms with Crippen LogP contribution in [0.3, 0.4) is 0 Å². The monoisotopic (exact) mass is 297 g/mol. The van der Waals surface area contributed by atoms with Gasteiger partial charge >= 0.3 is 0 Å². The molecule has 4 rings (SSSR count). The van der Waals surface area contributed by atoms with Gasteiger partial charge < -0.3 is 20.0 Å². The van der Waals surface area contributed by atoms with Gasteiger partial charge in [-0.1, -0.05) is 0 Å². The number of nitrogens with one attached hydrogen (secondary N) is 2. The number of rotatable bonds is 3. The number of nitrogens with zero attached hydrogens (tertiary/aromatic N) is 3. The summed E-state index contributed by atoms with van der Waals surface area (Å²) in [4.78, 5) is 12.0. The largest absolute Gasteiger partial charge is 0.388 e. The number of piperidine rings is 1. The van der Waals surface area contributed by atoms with Gasteiger partial charge in [-0.3, -0.25) is 0 Å². The van der Waals surface area contributed by atoms with E-state index >= 15 is 0 Å². The highest BCUT2D eigenvalue weighted by atomic mass is 16.3. The average Bonchev–Trinajstić information content (AvgIpc) is 3.21. The van der Waals surface area contributed by atoms with Crippen LogP contribution in [0.25, 0.3) is 16.7 Å². The Kier molecular flexibility index (Phi) is 3.40. The third kappa shape index (κ3) is 2.30. The smallest absolute Gasteiger partial charge is 0.133 e. The van der Waals surface area contributed by atoms with E-state index in [9.17, 15) is 5.11 Å². The van der Waals surface area contributed by atoms with Crippen LogP contribution in [0.1, 0.15) is 30.4 Å². The van der Waals surface area contributed by atoms with Crippen LogP contribution in [0, 0.1) is 0 Å². The lowest BCUT2D eigenvalue weighted by atomic mass is 9.99. The normalized spacial score (nSPS) is 18.9. The van der Waals surface area contributed by atoms with Crippen molar-refractivity contribution in [1.82, 2.24) is 24.8 Å². The first-order valence-corrected chi connectivity index (χ1v) is 7.69. The minimum absolute atomic E-state index is 0.0753. The lowest BCUT2D eigenvalue weighted by Crippen LogP contribution is -2.29. The molecule has 0 aliphatic carbocycles. The van der Waals surface area contributed by atoms with E-state index < -0.39 is 0 Å². The molecule has 22 heavy (non-hydrogen) atoms. The van der Waals surface area contributed by atoms with Gasteiger partial charge in [0.2, 0.25) is 0 Å². The molecule has 1 aromatic carbocycles. The Morgan fingerprint density at radius 2 is 2.32 bits per heavy atom. The number of H-pyrrole nitrogens is 1. The summed E-state index contributed by atoms with van der Waals surface area (Å²) in [5, 5.41) is 12.6. The minimum Gasteiger partial charge on any atom is -0.388 e. The van der Waals surface area contributed by atoms with E-state index in [1.165, 1.54) is 12.8 Å². The van der Waals surface area contributed by atoms with Gasteiger partial charge in [0.25, 0.3) is 0 Å². The zero-order valence-corrected chi connectivity index (χ0v) is 12.3. The molecule has 1 saturated heterocycles. The minimum atomic E-state index is -0.0753. The molecule has 3 aromatic rings. The summed E-state index contributed by atoms with van der Waals surface area (Å²) in [6.45, 7) is 2.01. The van der Waals surface area contributed by atoms with Crippen LogP contribution < -0.4 is 5.32 Å². The number of aromatic nitrogens is 4. The molecular weight excluding hydrogens is 278 g/mol. The maximum atomic E-state index is 9.19. The number of benzene rings is 1.